The number of rotatable bonds is 6. The summed E-state index contributed by atoms with van der Waals surface area (Å²) in [4.78, 5) is 23.3. The molecule has 2 aromatic rings. The van der Waals surface area contributed by atoms with Gasteiger partial charge in [-0.1, -0.05) is 0 Å². The molecule has 4 rings (SSSR count). The molecule has 10 heteroatoms. The predicted molar refractivity (Wildman–Crippen MR) is 123 cm³/mol. The number of hydrogen-bond donors (Lipinski definition) is 1. The first kappa shape index (κ1) is 23.4. The minimum absolute atomic E-state index is 0.0163. The molecule has 0 radical (unpaired) electrons. The molecular formula is C23H26F3N5OS. The van der Waals surface area contributed by atoms with Crippen molar-refractivity contribution < 1.29 is 18.0 Å². The van der Waals surface area contributed by atoms with Crippen LogP contribution in [-0.4, -0.2) is 53.0 Å². The molecule has 1 amide bonds. The highest BCUT2D eigenvalue weighted by atomic mass is 32.2. The summed E-state index contributed by atoms with van der Waals surface area (Å²) in [5.74, 6) is 0.587. The number of halogens is 3. The molecule has 0 atom stereocenters. The summed E-state index contributed by atoms with van der Waals surface area (Å²) in [5.41, 5.74) is -2.46. The second kappa shape index (κ2) is 10.0. The maximum atomic E-state index is 12.6. The van der Waals surface area contributed by atoms with Gasteiger partial charge in [0.1, 0.15) is 5.82 Å². The SMILES string of the molecule is CN1CCC(C(=O)Nc2cc(CN3C=CN(c4ccc(SC(F)(F)F)cc4)C3)ccn2)CC1. The van der Waals surface area contributed by atoms with E-state index < -0.39 is 5.51 Å². The fourth-order valence-electron chi connectivity index (χ4n) is 3.95. The van der Waals surface area contributed by atoms with Crippen LogP contribution in [0.5, 0.6) is 0 Å². The lowest BCUT2D eigenvalue weighted by molar-refractivity contribution is -0.121. The van der Waals surface area contributed by atoms with E-state index in [1.54, 1.807) is 18.3 Å². The number of alkyl halides is 3. The van der Waals surface area contributed by atoms with Crippen molar-refractivity contribution in [2.24, 2.45) is 5.92 Å². The van der Waals surface area contributed by atoms with Crippen molar-refractivity contribution >= 4 is 29.2 Å². The summed E-state index contributed by atoms with van der Waals surface area (Å²) >= 11 is -0.116. The van der Waals surface area contributed by atoms with Crippen LogP contribution in [0.4, 0.5) is 24.7 Å². The molecule has 0 bridgehead atoms. The van der Waals surface area contributed by atoms with Crippen LogP contribution >= 0.6 is 11.8 Å². The largest absolute Gasteiger partial charge is 0.446 e. The molecule has 33 heavy (non-hydrogen) atoms. The van der Waals surface area contributed by atoms with Gasteiger partial charge in [-0.05, 0) is 86.7 Å². The predicted octanol–water partition coefficient (Wildman–Crippen LogP) is 4.72. The molecule has 1 aromatic carbocycles. The average Bonchev–Trinajstić information content (AvgIpc) is 3.22. The minimum atomic E-state index is -4.29. The van der Waals surface area contributed by atoms with E-state index >= 15 is 0 Å². The Morgan fingerprint density at radius 2 is 1.88 bits per heavy atom. The summed E-state index contributed by atoms with van der Waals surface area (Å²) in [5, 5.41) is 2.95. The lowest BCUT2D eigenvalue weighted by Gasteiger charge is -2.28. The molecule has 0 aliphatic carbocycles. The maximum Gasteiger partial charge on any atom is 0.446 e. The topological polar surface area (TPSA) is 51.7 Å². The molecule has 0 spiro atoms. The number of pyridine rings is 1. The Morgan fingerprint density at radius 3 is 2.58 bits per heavy atom. The molecule has 6 nitrogen and oxygen atoms in total. The molecule has 1 saturated heterocycles. The van der Waals surface area contributed by atoms with E-state index in [1.165, 1.54) is 12.1 Å². The number of thioether (sulfide) groups is 1. The molecular weight excluding hydrogens is 451 g/mol. The van der Waals surface area contributed by atoms with Crippen molar-refractivity contribution in [1.29, 1.82) is 0 Å². The van der Waals surface area contributed by atoms with Gasteiger partial charge in [-0.2, -0.15) is 13.2 Å². The van der Waals surface area contributed by atoms with Crippen LogP contribution in [0.2, 0.25) is 0 Å². The Balaban J connectivity index is 1.30. The monoisotopic (exact) mass is 477 g/mol. The van der Waals surface area contributed by atoms with Gasteiger partial charge in [0.25, 0.3) is 0 Å². The van der Waals surface area contributed by atoms with Crippen LogP contribution in [0.25, 0.3) is 0 Å². The molecule has 2 aliphatic rings. The Labute approximate surface area is 195 Å². The molecule has 0 unspecified atom stereocenters. The Hall–Kier alpha value is -2.72. The highest BCUT2D eigenvalue weighted by Gasteiger charge is 2.29. The van der Waals surface area contributed by atoms with Crippen molar-refractivity contribution in [3.63, 3.8) is 0 Å². The first-order valence-electron chi connectivity index (χ1n) is 10.7. The van der Waals surface area contributed by atoms with E-state index in [0.29, 0.717) is 19.0 Å². The van der Waals surface area contributed by atoms with Gasteiger partial charge in [0.15, 0.2) is 0 Å². The summed E-state index contributed by atoms with van der Waals surface area (Å²) in [6, 6.07) is 10.1. The first-order chi connectivity index (χ1) is 15.7. The second-order valence-corrected chi connectivity index (χ2v) is 9.45. The standard InChI is InChI=1S/C23H26F3N5OS/c1-29-10-7-18(8-11-29)22(32)28-21-14-17(6-9-27-21)15-30-12-13-31(16-30)19-2-4-20(5-3-19)33-23(24,25)26/h2-6,9,12-14,18H,7-8,10-11,15-16H2,1H3,(H,27,28,32). The third-order valence-corrected chi connectivity index (χ3v) is 6.48. The average molecular weight is 478 g/mol. The van der Waals surface area contributed by atoms with E-state index in [2.05, 4.69) is 27.1 Å². The number of amides is 1. The van der Waals surface area contributed by atoms with Gasteiger partial charge in [-0.15, -0.1) is 0 Å². The number of benzene rings is 1. The van der Waals surface area contributed by atoms with Crippen LogP contribution in [0.3, 0.4) is 0 Å². The van der Waals surface area contributed by atoms with Crippen molar-refractivity contribution in [3.05, 3.63) is 60.6 Å². The number of piperidine rings is 1. The van der Waals surface area contributed by atoms with Crippen LogP contribution in [0, 0.1) is 5.92 Å². The van der Waals surface area contributed by atoms with E-state index in [4.69, 9.17) is 0 Å². The molecule has 1 fully saturated rings. The number of carbonyl (C=O) groups is 1. The number of carbonyl (C=O) groups excluding carboxylic acids is 1. The molecule has 1 N–H and O–H groups in total. The highest BCUT2D eigenvalue weighted by molar-refractivity contribution is 8.00. The van der Waals surface area contributed by atoms with E-state index in [9.17, 15) is 18.0 Å². The van der Waals surface area contributed by atoms with Gasteiger partial charge in [-0.25, -0.2) is 4.98 Å². The second-order valence-electron chi connectivity index (χ2n) is 8.31. The summed E-state index contributed by atoms with van der Waals surface area (Å²) in [6.07, 6.45) is 7.23. The molecule has 176 valence electrons. The van der Waals surface area contributed by atoms with Crippen LogP contribution in [0.15, 0.2) is 59.9 Å². The zero-order valence-corrected chi connectivity index (χ0v) is 19.1. The highest BCUT2D eigenvalue weighted by Crippen LogP contribution is 2.37. The zero-order chi connectivity index (χ0) is 23.4. The molecule has 0 saturated carbocycles. The number of likely N-dealkylation sites (tertiary alicyclic amines) is 1. The first-order valence-corrected chi connectivity index (χ1v) is 11.6. The van der Waals surface area contributed by atoms with Gasteiger partial charge < -0.3 is 20.0 Å². The van der Waals surface area contributed by atoms with Crippen LogP contribution in [-0.2, 0) is 11.3 Å². The van der Waals surface area contributed by atoms with Gasteiger partial charge in [0, 0.05) is 41.6 Å². The quantitative estimate of drug-likeness (QED) is 0.608. The van der Waals surface area contributed by atoms with Crippen LogP contribution < -0.4 is 10.2 Å². The maximum absolute atomic E-state index is 12.6. The van der Waals surface area contributed by atoms with Crippen molar-refractivity contribution in [3.8, 4) is 0 Å². The number of nitrogens with one attached hydrogen (secondary N) is 1. The van der Waals surface area contributed by atoms with Crippen molar-refractivity contribution in [1.82, 2.24) is 14.8 Å². The Morgan fingerprint density at radius 1 is 1.15 bits per heavy atom. The third kappa shape index (κ3) is 6.64. The zero-order valence-electron chi connectivity index (χ0n) is 18.3. The summed E-state index contributed by atoms with van der Waals surface area (Å²) in [6.45, 7) is 3.04. The molecule has 1 aromatic heterocycles. The number of anilines is 2. The van der Waals surface area contributed by atoms with Crippen LogP contribution in [0.1, 0.15) is 18.4 Å². The van der Waals surface area contributed by atoms with Gasteiger partial charge in [0.2, 0.25) is 5.91 Å². The van der Waals surface area contributed by atoms with Gasteiger partial charge in [0.05, 0.1) is 6.67 Å². The fourth-order valence-corrected chi connectivity index (χ4v) is 4.49. The van der Waals surface area contributed by atoms with E-state index in [1.807, 2.05) is 29.4 Å². The fraction of sp³-hybridized carbons (Fsp3) is 0.391. The summed E-state index contributed by atoms with van der Waals surface area (Å²) in [7, 11) is 2.06. The van der Waals surface area contributed by atoms with Crippen molar-refractivity contribution in [2.75, 3.05) is 37.0 Å². The van der Waals surface area contributed by atoms with Crippen molar-refractivity contribution in [2.45, 2.75) is 29.8 Å². The number of hydrogen-bond acceptors (Lipinski definition) is 6. The number of nitrogens with zero attached hydrogens (tertiary/aromatic N) is 4. The summed E-state index contributed by atoms with van der Waals surface area (Å²) < 4.78 is 37.5. The lowest BCUT2D eigenvalue weighted by atomic mass is 9.96. The normalized spacial score (nSPS) is 17.6. The number of aromatic nitrogens is 1. The van der Waals surface area contributed by atoms with E-state index in [0.717, 1.165) is 37.2 Å². The molecule has 2 aliphatic heterocycles. The Bertz CT molecular complexity index is 990. The van der Waals surface area contributed by atoms with Gasteiger partial charge >= 0.3 is 5.51 Å². The van der Waals surface area contributed by atoms with Gasteiger partial charge in [-0.3, -0.25) is 4.79 Å². The van der Waals surface area contributed by atoms with E-state index in [-0.39, 0.29) is 28.5 Å². The lowest BCUT2D eigenvalue weighted by Crippen LogP contribution is -2.36. The third-order valence-electron chi connectivity index (χ3n) is 5.74. The Kier molecular flexibility index (Phi) is 7.14. The molecule has 3 heterocycles. The smallest absolute Gasteiger partial charge is 0.354 e. The minimum Gasteiger partial charge on any atom is -0.354 e.